The summed E-state index contributed by atoms with van der Waals surface area (Å²) in [5.74, 6) is 1.96. The van der Waals surface area contributed by atoms with Gasteiger partial charge in [-0.2, -0.15) is 0 Å². The van der Waals surface area contributed by atoms with Crippen LogP contribution in [0.3, 0.4) is 0 Å². The number of likely N-dealkylation sites (N-methyl/N-ethyl adjacent to an activating group) is 1. The van der Waals surface area contributed by atoms with E-state index in [1.54, 1.807) is 18.0 Å². The second kappa shape index (κ2) is 8.87. The fraction of sp³-hybridized carbons (Fsp3) is 0.222. The van der Waals surface area contributed by atoms with Crippen molar-refractivity contribution in [2.45, 2.75) is 18.8 Å². The van der Waals surface area contributed by atoms with E-state index in [1.807, 2.05) is 77.7 Å². The van der Waals surface area contributed by atoms with E-state index in [1.165, 1.54) is 4.90 Å². The van der Waals surface area contributed by atoms with Gasteiger partial charge in [-0.3, -0.25) is 9.69 Å². The zero-order valence-corrected chi connectivity index (χ0v) is 20.4. The van der Waals surface area contributed by atoms with Crippen molar-refractivity contribution >= 4 is 35.2 Å². The SMILES string of the molecule is CN1C(=O)N(Cc2ccccc2Cl)C(=O)C2C1N=C1N(c3ccc(Oc4ccccc4)cc3)CCN12. The van der Waals surface area contributed by atoms with Gasteiger partial charge < -0.3 is 19.4 Å². The fourth-order valence-electron chi connectivity index (χ4n) is 4.94. The first kappa shape index (κ1) is 22.4. The summed E-state index contributed by atoms with van der Waals surface area (Å²) in [5, 5.41) is 0.526. The predicted octanol–water partition coefficient (Wildman–Crippen LogP) is 4.41. The van der Waals surface area contributed by atoms with Gasteiger partial charge in [0.05, 0.1) is 6.54 Å². The highest BCUT2D eigenvalue weighted by Gasteiger charge is 2.54. The van der Waals surface area contributed by atoms with E-state index in [0.29, 0.717) is 24.1 Å². The number of amides is 3. The third-order valence-electron chi connectivity index (χ3n) is 6.79. The lowest BCUT2D eigenvalue weighted by Gasteiger charge is -2.40. The van der Waals surface area contributed by atoms with E-state index in [4.69, 9.17) is 21.3 Å². The van der Waals surface area contributed by atoms with E-state index in [0.717, 1.165) is 22.7 Å². The molecule has 3 aromatic carbocycles. The molecule has 3 heterocycles. The Morgan fingerprint density at radius 2 is 1.61 bits per heavy atom. The number of carbonyl (C=O) groups excluding carboxylic acids is 2. The smallest absolute Gasteiger partial charge is 0.328 e. The molecular formula is C27H24ClN5O3. The van der Waals surface area contributed by atoms with Crippen LogP contribution in [0.15, 0.2) is 83.9 Å². The molecule has 0 spiro atoms. The van der Waals surface area contributed by atoms with Crippen molar-refractivity contribution in [2.75, 3.05) is 25.0 Å². The summed E-state index contributed by atoms with van der Waals surface area (Å²) in [6.45, 7) is 1.45. The Balaban J connectivity index is 1.22. The number of hydrogen-bond donors (Lipinski definition) is 0. The Bertz CT molecular complexity index is 1350. The average molecular weight is 502 g/mol. The zero-order chi connectivity index (χ0) is 24.8. The number of benzene rings is 3. The first-order chi connectivity index (χ1) is 17.5. The van der Waals surface area contributed by atoms with Crippen LogP contribution in [-0.2, 0) is 11.3 Å². The summed E-state index contributed by atoms with van der Waals surface area (Å²) in [7, 11) is 1.69. The zero-order valence-electron chi connectivity index (χ0n) is 19.6. The summed E-state index contributed by atoms with van der Waals surface area (Å²) >= 11 is 6.31. The second-order valence-corrected chi connectivity index (χ2v) is 9.36. The minimum absolute atomic E-state index is 0.126. The predicted molar refractivity (Wildman–Crippen MR) is 137 cm³/mol. The highest BCUT2D eigenvalue weighted by atomic mass is 35.5. The summed E-state index contributed by atoms with van der Waals surface area (Å²) in [6, 6.07) is 23.7. The normalized spacial score (nSPS) is 21.0. The van der Waals surface area contributed by atoms with Crippen molar-refractivity contribution in [1.29, 1.82) is 0 Å². The summed E-state index contributed by atoms with van der Waals surface area (Å²) in [5.41, 5.74) is 1.68. The van der Waals surface area contributed by atoms with Crippen molar-refractivity contribution in [3.63, 3.8) is 0 Å². The van der Waals surface area contributed by atoms with Crippen molar-refractivity contribution in [1.82, 2.24) is 14.7 Å². The molecule has 2 saturated heterocycles. The van der Waals surface area contributed by atoms with Gasteiger partial charge in [0.1, 0.15) is 11.5 Å². The monoisotopic (exact) mass is 501 g/mol. The van der Waals surface area contributed by atoms with Crippen molar-refractivity contribution in [3.05, 3.63) is 89.4 Å². The molecule has 3 amide bonds. The van der Waals surface area contributed by atoms with Gasteiger partial charge >= 0.3 is 6.03 Å². The third kappa shape index (κ3) is 3.74. The molecule has 3 aliphatic rings. The topological polar surface area (TPSA) is 68.7 Å². The van der Waals surface area contributed by atoms with E-state index in [2.05, 4.69) is 4.90 Å². The van der Waals surface area contributed by atoms with E-state index >= 15 is 0 Å². The first-order valence-electron chi connectivity index (χ1n) is 11.8. The number of halogens is 1. The molecule has 8 nitrogen and oxygen atoms in total. The molecule has 3 aromatic rings. The molecule has 0 radical (unpaired) electrons. The van der Waals surface area contributed by atoms with Crippen LogP contribution in [0.1, 0.15) is 5.56 Å². The maximum absolute atomic E-state index is 13.6. The van der Waals surface area contributed by atoms with E-state index in [9.17, 15) is 9.59 Å². The van der Waals surface area contributed by atoms with Crippen LogP contribution in [0.2, 0.25) is 5.02 Å². The number of urea groups is 1. The van der Waals surface area contributed by atoms with Crippen LogP contribution < -0.4 is 9.64 Å². The quantitative estimate of drug-likeness (QED) is 0.518. The minimum atomic E-state index is -0.564. The van der Waals surface area contributed by atoms with Gasteiger partial charge in [0.2, 0.25) is 5.96 Å². The maximum Gasteiger partial charge on any atom is 0.328 e. The van der Waals surface area contributed by atoms with Crippen molar-refractivity contribution in [3.8, 4) is 11.5 Å². The molecule has 0 saturated carbocycles. The molecule has 2 unspecified atom stereocenters. The van der Waals surface area contributed by atoms with Crippen LogP contribution in [0, 0.1) is 0 Å². The van der Waals surface area contributed by atoms with E-state index < -0.39 is 12.2 Å². The van der Waals surface area contributed by atoms with Gasteiger partial charge in [-0.1, -0.05) is 48.0 Å². The van der Waals surface area contributed by atoms with Crippen LogP contribution in [-0.4, -0.2) is 64.9 Å². The largest absolute Gasteiger partial charge is 0.457 e. The molecule has 36 heavy (non-hydrogen) atoms. The Hall–Kier alpha value is -4.04. The second-order valence-electron chi connectivity index (χ2n) is 8.95. The number of hydrogen-bond acceptors (Lipinski definition) is 6. The summed E-state index contributed by atoms with van der Waals surface area (Å²) in [6.07, 6.45) is -0.564. The Morgan fingerprint density at radius 3 is 2.36 bits per heavy atom. The number of rotatable bonds is 5. The lowest BCUT2D eigenvalue weighted by molar-refractivity contribution is -0.137. The molecule has 9 heteroatoms. The number of anilines is 1. The van der Waals surface area contributed by atoms with Gasteiger partial charge in [-0.25, -0.2) is 9.79 Å². The van der Waals surface area contributed by atoms with E-state index in [-0.39, 0.29) is 18.5 Å². The van der Waals surface area contributed by atoms with Gasteiger partial charge in [-0.05, 0) is 48.0 Å². The molecule has 182 valence electrons. The van der Waals surface area contributed by atoms with Crippen LogP contribution in [0.5, 0.6) is 11.5 Å². The highest BCUT2D eigenvalue weighted by molar-refractivity contribution is 6.31. The van der Waals surface area contributed by atoms with Gasteiger partial charge in [-0.15, -0.1) is 0 Å². The van der Waals surface area contributed by atoms with Crippen molar-refractivity contribution < 1.29 is 14.3 Å². The molecule has 0 N–H and O–H groups in total. The molecule has 6 rings (SSSR count). The molecule has 2 fully saturated rings. The lowest BCUT2D eigenvalue weighted by atomic mass is 10.1. The number of imide groups is 1. The molecule has 0 bridgehead atoms. The summed E-state index contributed by atoms with van der Waals surface area (Å²) < 4.78 is 5.91. The molecular weight excluding hydrogens is 478 g/mol. The fourth-order valence-corrected chi connectivity index (χ4v) is 5.14. The van der Waals surface area contributed by atoms with Crippen LogP contribution in [0.25, 0.3) is 0 Å². The summed E-state index contributed by atoms with van der Waals surface area (Å²) in [4.78, 5) is 38.4. The Kier molecular flexibility index (Phi) is 5.53. The maximum atomic E-state index is 13.6. The number of nitrogens with zero attached hydrogens (tertiary/aromatic N) is 5. The van der Waals surface area contributed by atoms with Gasteiger partial charge in [0.25, 0.3) is 5.91 Å². The van der Waals surface area contributed by atoms with Crippen LogP contribution >= 0.6 is 11.6 Å². The number of carbonyl (C=O) groups is 2. The third-order valence-corrected chi connectivity index (χ3v) is 7.16. The number of fused-ring (bicyclic) bond motifs is 3. The van der Waals surface area contributed by atoms with Gasteiger partial charge in [0.15, 0.2) is 12.2 Å². The minimum Gasteiger partial charge on any atom is -0.457 e. The first-order valence-corrected chi connectivity index (χ1v) is 12.2. The Morgan fingerprint density at radius 1 is 0.917 bits per heavy atom. The molecule has 2 atom stereocenters. The van der Waals surface area contributed by atoms with Gasteiger partial charge in [0, 0.05) is 30.8 Å². The molecule has 3 aliphatic heterocycles. The molecule has 0 aromatic heterocycles. The number of aliphatic imine (C=N–C) groups is 1. The lowest BCUT2D eigenvalue weighted by Crippen LogP contribution is -2.64. The molecule has 0 aliphatic carbocycles. The number of guanidine groups is 1. The number of para-hydroxylation sites is 1. The number of ether oxygens (including phenoxy) is 1. The highest BCUT2D eigenvalue weighted by Crippen LogP contribution is 2.35. The Labute approximate surface area is 213 Å². The van der Waals surface area contributed by atoms with Crippen LogP contribution in [0.4, 0.5) is 10.5 Å². The standard InChI is InChI=1S/C27H24ClN5O3/c1-30-24-23(25(34)33(27(30)35)17-18-7-5-6-10-22(18)28)32-16-15-31(26(32)29-24)19-11-13-21(14-12-19)36-20-8-3-2-4-9-20/h2-14,23-24H,15-17H2,1H3. The average Bonchev–Trinajstić information content (AvgIpc) is 3.47. The van der Waals surface area contributed by atoms with Crippen molar-refractivity contribution in [2.24, 2.45) is 4.99 Å².